The van der Waals surface area contributed by atoms with Crippen LogP contribution in [0.15, 0.2) is 56.1 Å². The predicted octanol–water partition coefficient (Wildman–Crippen LogP) is 3.67. The standard InChI is InChI=1S/C22H21BrN2O4/c1-24(2)9-10-25-19(13-5-4-6-15(11-13)28-3)18-20(26)16-12-14(23)7-8-17(16)29-21(18)22(25)27/h4-8,11-12,19H,9-10H2,1-3H3. The summed E-state index contributed by atoms with van der Waals surface area (Å²) >= 11 is 3.41. The van der Waals surface area contributed by atoms with E-state index in [-0.39, 0.29) is 17.1 Å². The molecule has 3 aromatic rings. The highest BCUT2D eigenvalue weighted by molar-refractivity contribution is 9.10. The number of methoxy groups -OCH3 is 1. The second-order valence-electron chi connectivity index (χ2n) is 7.30. The Balaban J connectivity index is 1.95. The molecule has 29 heavy (non-hydrogen) atoms. The molecule has 2 heterocycles. The van der Waals surface area contributed by atoms with Gasteiger partial charge in [-0.15, -0.1) is 0 Å². The van der Waals surface area contributed by atoms with Crippen LogP contribution in [-0.2, 0) is 0 Å². The zero-order chi connectivity index (χ0) is 20.7. The number of nitrogens with zero attached hydrogens (tertiary/aromatic N) is 2. The lowest BCUT2D eigenvalue weighted by Crippen LogP contribution is -2.35. The van der Waals surface area contributed by atoms with Crippen LogP contribution < -0.4 is 10.2 Å². The number of fused-ring (bicyclic) bond motifs is 2. The Morgan fingerprint density at radius 3 is 2.69 bits per heavy atom. The summed E-state index contributed by atoms with van der Waals surface area (Å²) in [5.74, 6) is 0.525. The SMILES string of the molecule is COc1cccc(C2c3c(oc4ccc(Br)cc4c3=O)C(=O)N2CCN(C)C)c1. The van der Waals surface area contributed by atoms with Crippen molar-refractivity contribution in [3.05, 3.63) is 74.0 Å². The van der Waals surface area contributed by atoms with E-state index in [1.165, 1.54) is 0 Å². The lowest BCUT2D eigenvalue weighted by molar-refractivity contribution is 0.0716. The Labute approximate surface area is 176 Å². The summed E-state index contributed by atoms with van der Waals surface area (Å²) in [6.07, 6.45) is 0. The molecule has 0 aliphatic carbocycles. The summed E-state index contributed by atoms with van der Waals surface area (Å²) in [6, 6.07) is 12.2. The van der Waals surface area contributed by atoms with Gasteiger partial charge in [-0.25, -0.2) is 0 Å². The number of rotatable bonds is 5. The Bertz CT molecular complexity index is 1160. The number of ether oxygens (including phenoxy) is 1. The lowest BCUT2D eigenvalue weighted by atomic mass is 9.98. The number of hydrogen-bond acceptors (Lipinski definition) is 5. The largest absolute Gasteiger partial charge is 0.497 e. The number of carbonyl (C=O) groups excluding carboxylic acids is 1. The molecule has 1 amide bonds. The number of halogens is 1. The summed E-state index contributed by atoms with van der Waals surface area (Å²) in [6.45, 7) is 1.14. The maximum atomic E-state index is 13.4. The van der Waals surface area contributed by atoms with E-state index >= 15 is 0 Å². The van der Waals surface area contributed by atoms with Gasteiger partial charge in [0.25, 0.3) is 5.91 Å². The molecule has 0 bridgehead atoms. The maximum absolute atomic E-state index is 13.4. The van der Waals surface area contributed by atoms with Crippen LogP contribution in [0.3, 0.4) is 0 Å². The van der Waals surface area contributed by atoms with E-state index in [2.05, 4.69) is 15.9 Å². The van der Waals surface area contributed by atoms with Gasteiger partial charge in [-0.1, -0.05) is 28.1 Å². The van der Waals surface area contributed by atoms with E-state index in [1.807, 2.05) is 43.3 Å². The van der Waals surface area contributed by atoms with Gasteiger partial charge in [-0.3, -0.25) is 9.59 Å². The molecule has 2 aromatic carbocycles. The van der Waals surface area contributed by atoms with Crippen molar-refractivity contribution in [2.24, 2.45) is 0 Å². The van der Waals surface area contributed by atoms with E-state index in [4.69, 9.17) is 9.15 Å². The zero-order valence-corrected chi connectivity index (χ0v) is 18.0. The average Bonchev–Trinajstić information content (AvgIpc) is 2.99. The Hall–Kier alpha value is -2.64. The van der Waals surface area contributed by atoms with Gasteiger partial charge in [0.15, 0.2) is 5.43 Å². The molecule has 7 heteroatoms. The van der Waals surface area contributed by atoms with Gasteiger partial charge in [-0.2, -0.15) is 0 Å². The molecule has 150 valence electrons. The van der Waals surface area contributed by atoms with Gasteiger partial charge in [-0.05, 0) is 50.0 Å². The van der Waals surface area contributed by atoms with E-state index in [0.29, 0.717) is 35.4 Å². The molecule has 0 N–H and O–H groups in total. The Kier molecular flexibility index (Phi) is 5.19. The first-order valence-electron chi connectivity index (χ1n) is 9.26. The monoisotopic (exact) mass is 456 g/mol. The number of carbonyl (C=O) groups is 1. The van der Waals surface area contributed by atoms with E-state index < -0.39 is 6.04 Å². The molecular formula is C22H21BrN2O4. The molecule has 1 unspecified atom stereocenters. The summed E-state index contributed by atoms with van der Waals surface area (Å²) in [5, 5.41) is 0.452. The summed E-state index contributed by atoms with van der Waals surface area (Å²) in [5.41, 5.74) is 1.42. The van der Waals surface area contributed by atoms with Crippen molar-refractivity contribution < 1.29 is 13.9 Å². The third-order valence-corrected chi connectivity index (χ3v) is 5.62. The topological polar surface area (TPSA) is 63.0 Å². The number of amides is 1. The number of benzene rings is 2. The van der Waals surface area contributed by atoms with Crippen molar-refractivity contribution in [2.45, 2.75) is 6.04 Å². The molecule has 6 nitrogen and oxygen atoms in total. The van der Waals surface area contributed by atoms with Crippen molar-refractivity contribution in [3.63, 3.8) is 0 Å². The first kappa shape index (κ1) is 19.7. The highest BCUT2D eigenvalue weighted by atomic mass is 79.9. The van der Waals surface area contributed by atoms with Crippen molar-refractivity contribution >= 4 is 32.8 Å². The van der Waals surface area contributed by atoms with Crippen LogP contribution in [0, 0.1) is 0 Å². The normalized spacial score (nSPS) is 16.0. The molecule has 0 spiro atoms. The van der Waals surface area contributed by atoms with Gasteiger partial charge >= 0.3 is 0 Å². The van der Waals surface area contributed by atoms with Crippen LogP contribution in [0.25, 0.3) is 11.0 Å². The van der Waals surface area contributed by atoms with Crippen LogP contribution in [0.5, 0.6) is 5.75 Å². The van der Waals surface area contributed by atoms with Gasteiger partial charge in [0.2, 0.25) is 5.76 Å². The van der Waals surface area contributed by atoms with Gasteiger partial charge in [0.1, 0.15) is 11.3 Å². The molecule has 0 fully saturated rings. The van der Waals surface area contributed by atoms with E-state index in [1.54, 1.807) is 30.2 Å². The number of hydrogen-bond donors (Lipinski definition) is 0. The van der Waals surface area contributed by atoms with Crippen molar-refractivity contribution in [3.8, 4) is 5.75 Å². The van der Waals surface area contributed by atoms with Crippen LogP contribution in [0.1, 0.15) is 27.7 Å². The van der Waals surface area contributed by atoms with E-state index in [9.17, 15) is 9.59 Å². The van der Waals surface area contributed by atoms with Crippen molar-refractivity contribution in [1.82, 2.24) is 9.80 Å². The minimum Gasteiger partial charge on any atom is -0.497 e. The second-order valence-corrected chi connectivity index (χ2v) is 8.21. The lowest BCUT2D eigenvalue weighted by Gasteiger charge is -2.26. The third-order valence-electron chi connectivity index (χ3n) is 5.13. The van der Waals surface area contributed by atoms with E-state index in [0.717, 1.165) is 10.0 Å². The Morgan fingerprint density at radius 2 is 1.97 bits per heavy atom. The van der Waals surface area contributed by atoms with Gasteiger partial charge in [0.05, 0.1) is 24.1 Å². The predicted molar refractivity (Wildman–Crippen MR) is 115 cm³/mol. The second kappa shape index (κ2) is 7.65. The minimum absolute atomic E-state index is 0.122. The molecule has 0 saturated heterocycles. The fourth-order valence-electron chi connectivity index (χ4n) is 3.69. The third kappa shape index (κ3) is 3.45. The van der Waals surface area contributed by atoms with Crippen LogP contribution in [0.4, 0.5) is 0 Å². The summed E-state index contributed by atoms with van der Waals surface area (Å²) < 4.78 is 12.1. The molecule has 1 atom stereocenters. The van der Waals surface area contributed by atoms with Gasteiger partial charge < -0.3 is 19.0 Å². The molecule has 4 rings (SSSR count). The fraction of sp³-hybridized carbons (Fsp3) is 0.273. The molecule has 0 saturated carbocycles. The number of likely N-dealkylation sites (N-methyl/N-ethyl adjacent to an activating group) is 1. The Morgan fingerprint density at radius 1 is 1.17 bits per heavy atom. The highest BCUT2D eigenvalue weighted by Gasteiger charge is 2.42. The quantitative estimate of drug-likeness (QED) is 0.585. The smallest absolute Gasteiger partial charge is 0.290 e. The molecular weight excluding hydrogens is 436 g/mol. The van der Waals surface area contributed by atoms with Crippen LogP contribution in [-0.4, -0.2) is 50.0 Å². The molecule has 0 radical (unpaired) electrons. The summed E-state index contributed by atoms with van der Waals surface area (Å²) in [7, 11) is 5.49. The first-order chi connectivity index (χ1) is 13.9. The molecule has 1 aromatic heterocycles. The zero-order valence-electron chi connectivity index (χ0n) is 16.4. The maximum Gasteiger partial charge on any atom is 0.290 e. The average molecular weight is 457 g/mol. The van der Waals surface area contributed by atoms with Crippen molar-refractivity contribution in [2.75, 3.05) is 34.3 Å². The minimum atomic E-state index is -0.521. The van der Waals surface area contributed by atoms with Crippen LogP contribution >= 0.6 is 15.9 Å². The summed E-state index contributed by atoms with van der Waals surface area (Å²) in [4.78, 5) is 30.4. The fourth-order valence-corrected chi connectivity index (χ4v) is 4.05. The highest BCUT2D eigenvalue weighted by Crippen LogP contribution is 2.39. The molecule has 1 aliphatic rings. The van der Waals surface area contributed by atoms with Crippen LogP contribution in [0.2, 0.25) is 0 Å². The van der Waals surface area contributed by atoms with Crippen molar-refractivity contribution in [1.29, 1.82) is 0 Å². The van der Waals surface area contributed by atoms with Gasteiger partial charge in [0, 0.05) is 17.6 Å². The molecule has 1 aliphatic heterocycles. The first-order valence-corrected chi connectivity index (χ1v) is 10.1.